The van der Waals surface area contributed by atoms with Gasteiger partial charge in [0, 0.05) is 12.5 Å². The summed E-state index contributed by atoms with van der Waals surface area (Å²) in [5.74, 6) is 1.42. The van der Waals surface area contributed by atoms with Gasteiger partial charge in [-0.05, 0) is 24.1 Å². The van der Waals surface area contributed by atoms with Crippen LogP contribution in [0, 0.1) is 5.92 Å². The Labute approximate surface area is 95.6 Å². The van der Waals surface area contributed by atoms with E-state index in [1.54, 1.807) is 7.11 Å². The van der Waals surface area contributed by atoms with Gasteiger partial charge in [0.15, 0.2) is 0 Å². The molecule has 3 nitrogen and oxygen atoms in total. The maximum absolute atomic E-state index is 5.26. The largest absolute Gasteiger partial charge is 0.497 e. The van der Waals surface area contributed by atoms with E-state index in [0.29, 0.717) is 12.0 Å². The molecule has 84 valence electrons. The van der Waals surface area contributed by atoms with Gasteiger partial charge in [-0.2, -0.15) is 0 Å². The van der Waals surface area contributed by atoms with E-state index < -0.39 is 0 Å². The standard InChI is InChI=1S/C13H16N2O/c1-8-13-11(5-6-14-8)10-4-3-9(16-2)7-12(10)15-13/h3-4,7,10,12,14-15H,1,5-6H2,2H3. The molecule has 0 spiro atoms. The summed E-state index contributed by atoms with van der Waals surface area (Å²) >= 11 is 0. The smallest absolute Gasteiger partial charge is 0.116 e. The molecule has 2 N–H and O–H groups in total. The van der Waals surface area contributed by atoms with Gasteiger partial charge in [0.05, 0.1) is 24.5 Å². The molecule has 3 heteroatoms. The van der Waals surface area contributed by atoms with E-state index in [2.05, 4.69) is 35.4 Å². The monoisotopic (exact) mass is 216 g/mol. The van der Waals surface area contributed by atoms with E-state index in [-0.39, 0.29) is 0 Å². The first-order valence-corrected chi connectivity index (χ1v) is 5.66. The van der Waals surface area contributed by atoms with Gasteiger partial charge in [0.2, 0.25) is 0 Å². The van der Waals surface area contributed by atoms with Crippen LogP contribution in [0.25, 0.3) is 0 Å². The first-order chi connectivity index (χ1) is 7.79. The van der Waals surface area contributed by atoms with E-state index in [1.165, 1.54) is 11.3 Å². The highest BCUT2D eigenvalue weighted by atomic mass is 16.5. The Hall–Kier alpha value is -1.64. The second kappa shape index (κ2) is 3.44. The zero-order chi connectivity index (χ0) is 11.1. The topological polar surface area (TPSA) is 33.3 Å². The molecule has 2 aliphatic heterocycles. The summed E-state index contributed by atoms with van der Waals surface area (Å²) in [6.45, 7) is 5.04. The van der Waals surface area contributed by atoms with E-state index in [1.807, 2.05) is 0 Å². The summed E-state index contributed by atoms with van der Waals surface area (Å²) in [5, 5.41) is 6.82. The van der Waals surface area contributed by atoms with Gasteiger partial charge in [0.25, 0.3) is 0 Å². The third-order valence-corrected chi connectivity index (χ3v) is 3.50. The maximum atomic E-state index is 5.26. The van der Waals surface area contributed by atoms with Crippen LogP contribution in [0.15, 0.2) is 47.5 Å². The number of rotatable bonds is 1. The van der Waals surface area contributed by atoms with E-state index in [0.717, 1.165) is 24.4 Å². The molecule has 0 saturated carbocycles. The van der Waals surface area contributed by atoms with Crippen LogP contribution in [0.1, 0.15) is 6.42 Å². The summed E-state index contributed by atoms with van der Waals surface area (Å²) in [5.41, 5.74) is 3.72. The van der Waals surface area contributed by atoms with Gasteiger partial charge in [-0.25, -0.2) is 0 Å². The fourth-order valence-electron chi connectivity index (χ4n) is 2.69. The number of ether oxygens (including phenoxy) is 1. The molecule has 3 rings (SSSR count). The molecular weight excluding hydrogens is 200 g/mol. The molecule has 16 heavy (non-hydrogen) atoms. The van der Waals surface area contributed by atoms with Crippen molar-refractivity contribution in [3.8, 4) is 0 Å². The molecule has 0 radical (unpaired) electrons. The average molecular weight is 216 g/mol. The summed E-state index contributed by atoms with van der Waals surface area (Å²) < 4.78 is 5.26. The van der Waals surface area contributed by atoms with Crippen LogP contribution < -0.4 is 10.6 Å². The second-order valence-corrected chi connectivity index (χ2v) is 4.38. The Kier molecular flexibility index (Phi) is 2.06. The van der Waals surface area contributed by atoms with Crippen LogP contribution >= 0.6 is 0 Å². The molecule has 2 atom stereocenters. The first kappa shape index (κ1) is 9.58. The molecule has 0 amide bonds. The number of hydrogen-bond acceptors (Lipinski definition) is 3. The van der Waals surface area contributed by atoms with Crippen molar-refractivity contribution in [2.24, 2.45) is 5.92 Å². The van der Waals surface area contributed by atoms with Crippen molar-refractivity contribution in [2.75, 3.05) is 13.7 Å². The molecule has 0 bridgehead atoms. The van der Waals surface area contributed by atoms with Crippen LogP contribution in [-0.4, -0.2) is 19.7 Å². The van der Waals surface area contributed by atoms with Gasteiger partial charge in [0.1, 0.15) is 5.76 Å². The molecule has 2 unspecified atom stereocenters. The Balaban J connectivity index is 1.93. The Morgan fingerprint density at radius 1 is 1.50 bits per heavy atom. The first-order valence-electron chi connectivity index (χ1n) is 5.66. The van der Waals surface area contributed by atoms with Crippen molar-refractivity contribution in [1.29, 1.82) is 0 Å². The molecule has 3 aliphatic rings. The third kappa shape index (κ3) is 1.28. The van der Waals surface area contributed by atoms with Crippen LogP contribution in [-0.2, 0) is 4.74 Å². The maximum Gasteiger partial charge on any atom is 0.116 e. The predicted octanol–water partition coefficient (Wildman–Crippen LogP) is 1.44. The number of methoxy groups -OCH3 is 1. The Bertz CT molecular complexity index is 431. The fourth-order valence-corrected chi connectivity index (χ4v) is 2.69. The highest BCUT2D eigenvalue weighted by Gasteiger charge is 2.35. The van der Waals surface area contributed by atoms with Crippen molar-refractivity contribution >= 4 is 0 Å². The lowest BCUT2D eigenvalue weighted by Gasteiger charge is -2.21. The zero-order valence-electron chi connectivity index (χ0n) is 9.42. The number of hydrogen-bond donors (Lipinski definition) is 2. The second-order valence-electron chi connectivity index (χ2n) is 4.38. The summed E-state index contributed by atoms with van der Waals surface area (Å²) in [6, 6.07) is 0.335. The lowest BCUT2D eigenvalue weighted by atomic mass is 9.87. The summed E-state index contributed by atoms with van der Waals surface area (Å²) in [4.78, 5) is 0. The summed E-state index contributed by atoms with van der Waals surface area (Å²) in [6.07, 6.45) is 7.54. The van der Waals surface area contributed by atoms with Crippen molar-refractivity contribution in [1.82, 2.24) is 10.6 Å². The highest BCUT2D eigenvalue weighted by molar-refractivity contribution is 5.46. The minimum atomic E-state index is 0.335. The quantitative estimate of drug-likeness (QED) is 0.695. The third-order valence-electron chi connectivity index (χ3n) is 3.50. The number of nitrogens with one attached hydrogen (secondary N) is 2. The lowest BCUT2D eigenvalue weighted by molar-refractivity contribution is 0.299. The zero-order valence-corrected chi connectivity index (χ0v) is 9.42. The van der Waals surface area contributed by atoms with Gasteiger partial charge in [-0.1, -0.05) is 12.7 Å². The molecule has 0 aromatic heterocycles. The molecule has 0 aromatic carbocycles. The van der Waals surface area contributed by atoms with Crippen molar-refractivity contribution in [3.63, 3.8) is 0 Å². The fraction of sp³-hybridized carbons (Fsp3) is 0.385. The summed E-state index contributed by atoms with van der Waals surface area (Å²) in [7, 11) is 1.71. The molecule has 0 fully saturated rings. The number of fused-ring (bicyclic) bond motifs is 2. The van der Waals surface area contributed by atoms with Crippen molar-refractivity contribution in [2.45, 2.75) is 12.5 Å². The van der Waals surface area contributed by atoms with E-state index in [9.17, 15) is 0 Å². The van der Waals surface area contributed by atoms with E-state index >= 15 is 0 Å². The lowest BCUT2D eigenvalue weighted by Crippen LogP contribution is -2.29. The molecular formula is C13H16N2O. The van der Waals surface area contributed by atoms with Crippen LogP contribution in [0.5, 0.6) is 0 Å². The van der Waals surface area contributed by atoms with Gasteiger partial charge < -0.3 is 15.4 Å². The highest BCUT2D eigenvalue weighted by Crippen LogP contribution is 2.36. The molecule has 0 saturated heterocycles. The van der Waals surface area contributed by atoms with E-state index in [4.69, 9.17) is 4.74 Å². The van der Waals surface area contributed by atoms with Crippen molar-refractivity contribution in [3.05, 3.63) is 47.5 Å². The Morgan fingerprint density at radius 3 is 3.19 bits per heavy atom. The van der Waals surface area contributed by atoms with Gasteiger partial charge >= 0.3 is 0 Å². The van der Waals surface area contributed by atoms with Gasteiger partial charge in [-0.15, -0.1) is 0 Å². The molecule has 0 aromatic rings. The Morgan fingerprint density at radius 2 is 2.38 bits per heavy atom. The molecule has 2 heterocycles. The SMILES string of the molecule is C=C1NCCC2=C1NC1C=C(OC)C=CC21. The van der Waals surface area contributed by atoms with Crippen molar-refractivity contribution < 1.29 is 4.74 Å². The predicted molar refractivity (Wildman–Crippen MR) is 63.4 cm³/mol. The minimum absolute atomic E-state index is 0.335. The van der Waals surface area contributed by atoms with Crippen LogP contribution in [0.4, 0.5) is 0 Å². The van der Waals surface area contributed by atoms with Gasteiger partial charge in [-0.3, -0.25) is 0 Å². The normalized spacial score (nSPS) is 31.3. The van der Waals surface area contributed by atoms with Crippen LogP contribution in [0.2, 0.25) is 0 Å². The number of allylic oxidation sites excluding steroid dienone is 1. The molecule has 1 aliphatic carbocycles. The average Bonchev–Trinajstić information content (AvgIpc) is 2.68. The minimum Gasteiger partial charge on any atom is -0.497 e. The van der Waals surface area contributed by atoms with Crippen LogP contribution in [0.3, 0.4) is 0 Å².